The number of benzene rings is 2. The maximum atomic E-state index is 13.6. The molecule has 0 aliphatic carbocycles. The van der Waals surface area contributed by atoms with E-state index >= 15 is 0 Å². The minimum atomic E-state index is -4.13. The van der Waals surface area contributed by atoms with Gasteiger partial charge in [-0.25, -0.2) is 8.42 Å². The van der Waals surface area contributed by atoms with Crippen molar-refractivity contribution in [3.05, 3.63) is 89.9 Å². The zero-order valence-corrected chi connectivity index (χ0v) is 23.2. The summed E-state index contributed by atoms with van der Waals surface area (Å²) in [6.07, 6.45) is 3.32. The molecule has 2 amide bonds. The molecule has 0 bridgehead atoms. The maximum Gasteiger partial charge on any atom is 0.251 e. The third kappa shape index (κ3) is 5.79. The molecule has 5 rings (SSSR count). The summed E-state index contributed by atoms with van der Waals surface area (Å²) in [7, 11) is -4.13. The second kappa shape index (κ2) is 11.7. The quantitative estimate of drug-likeness (QED) is 0.303. The Labute approximate surface area is 238 Å². The molecule has 2 fully saturated rings. The van der Waals surface area contributed by atoms with Crippen LogP contribution in [-0.2, 0) is 19.6 Å². The van der Waals surface area contributed by atoms with Crippen molar-refractivity contribution in [1.29, 1.82) is 0 Å². The Kier molecular flexibility index (Phi) is 8.04. The summed E-state index contributed by atoms with van der Waals surface area (Å²) in [4.78, 5) is 40.9. The van der Waals surface area contributed by atoms with Crippen LogP contribution in [0.25, 0.3) is 0 Å². The highest BCUT2D eigenvalue weighted by atomic mass is 32.2. The van der Waals surface area contributed by atoms with E-state index in [9.17, 15) is 28.0 Å². The van der Waals surface area contributed by atoms with E-state index in [1.807, 2.05) is 37.3 Å². The van der Waals surface area contributed by atoms with Gasteiger partial charge in [-0.3, -0.25) is 14.4 Å². The monoisotopic (exact) mass is 578 g/mol. The van der Waals surface area contributed by atoms with Crippen LogP contribution >= 0.6 is 0 Å². The highest BCUT2D eigenvalue weighted by Gasteiger charge is 2.54. The van der Waals surface area contributed by atoms with E-state index in [1.165, 1.54) is 23.2 Å². The molecule has 1 N–H and O–H groups in total. The van der Waals surface area contributed by atoms with Gasteiger partial charge in [-0.15, -0.1) is 0 Å². The van der Waals surface area contributed by atoms with Crippen molar-refractivity contribution < 1.29 is 32.3 Å². The summed E-state index contributed by atoms with van der Waals surface area (Å²) in [5, 5.41) is 14.5. The number of nitrogens with zero attached hydrogens (tertiary/aromatic N) is 3. The molecule has 3 aromatic rings. The lowest BCUT2D eigenvalue weighted by Gasteiger charge is -2.28. The van der Waals surface area contributed by atoms with E-state index in [0.29, 0.717) is 34.6 Å². The second-order valence-electron chi connectivity index (χ2n) is 10.0. The van der Waals surface area contributed by atoms with E-state index in [1.54, 1.807) is 24.3 Å². The molecule has 0 spiro atoms. The number of likely N-dealkylation sites (tertiary alicyclic amines) is 1. The SMILES string of the molecule is CCCC(NC(=O)c1ccc(Oc2ccccc2)cc1)C(=O)N1CCC2C1C(=O)CN2S(=O)(=O)c1ccc[n+]([O-])c1. The van der Waals surface area contributed by atoms with Gasteiger partial charge in [0.2, 0.25) is 15.9 Å². The van der Waals surface area contributed by atoms with Crippen LogP contribution in [0.15, 0.2) is 84.0 Å². The number of rotatable bonds is 9. The molecule has 3 unspecified atom stereocenters. The van der Waals surface area contributed by atoms with Gasteiger partial charge in [0, 0.05) is 18.2 Å². The lowest BCUT2D eigenvalue weighted by Crippen LogP contribution is -2.52. The van der Waals surface area contributed by atoms with Crippen molar-refractivity contribution in [2.45, 2.75) is 49.2 Å². The molecule has 2 aliphatic heterocycles. The summed E-state index contributed by atoms with van der Waals surface area (Å²) in [5.41, 5.74) is 0.339. The standard InChI is InChI=1S/C29H30N4O7S/c1-2-7-24(30-28(35)20-11-13-22(14-12-20)40-21-8-4-3-5-9-21)29(36)32-17-15-25-27(32)26(34)19-33(25)41(38,39)23-10-6-16-31(37)18-23/h3-6,8-14,16,18,24-25,27H,2,7,15,17,19H2,1H3,(H,30,35). The molecule has 0 saturated carbocycles. The highest BCUT2D eigenvalue weighted by molar-refractivity contribution is 7.89. The normalized spacial score (nSPS) is 19.5. The first-order valence-corrected chi connectivity index (χ1v) is 14.8. The Morgan fingerprint density at radius 2 is 1.78 bits per heavy atom. The van der Waals surface area contributed by atoms with Crippen molar-refractivity contribution in [3.63, 3.8) is 0 Å². The van der Waals surface area contributed by atoms with Gasteiger partial charge < -0.3 is 20.2 Å². The number of nitrogens with one attached hydrogen (secondary N) is 1. The van der Waals surface area contributed by atoms with Gasteiger partial charge in [-0.05, 0) is 55.3 Å². The first-order chi connectivity index (χ1) is 19.7. The molecule has 3 heterocycles. The van der Waals surface area contributed by atoms with Crippen LogP contribution in [0.2, 0.25) is 0 Å². The predicted octanol–water partition coefficient (Wildman–Crippen LogP) is 2.25. The number of ketones is 1. The van der Waals surface area contributed by atoms with Gasteiger partial charge in [0.1, 0.15) is 28.5 Å². The third-order valence-corrected chi connectivity index (χ3v) is 9.15. The lowest BCUT2D eigenvalue weighted by molar-refractivity contribution is -0.607. The van der Waals surface area contributed by atoms with Crippen molar-refractivity contribution in [2.75, 3.05) is 13.1 Å². The van der Waals surface area contributed by atoms with Gasteiger partial charge in [0.25, 0.3) is 5.91 Å². The second-order valence-corrected chi connectivity index (χ2v) is 11.9. The molecule has 12 heteroatoms. The zero-order chi connectivity index (χ0) is 29.1. The molecule has 1 aromatic heterocycles. The third-order valence-electron chi connectivity index (χ3n) is 7.29. The summed E-state index contributed by atoms with van der Waals surface area (Å²) in [6.45, 7) is 1.66. The highest BCUT2D eigenvalue weighted by Crippen LogP contribution is 2.34. The largest absolute Gasteiger partial charge is 0.619 e. The van der Waals surface area contributed by atoms with Crippen LogP contribution < -0.4 is 14.8 Å². The van der Waals surface area contributed by atoms with Crippen molar-refractivity contribution in [1.82, 2.24) is 14.5 Å². The minimum Gasteiger partial charge on any atom is -0.619 e. The molecule has 2 saturated heterocycles. The van der Waals surface area contributed by atoms with Gasteiger partial charge in [0.15, 0.2) is 18.2 Å². The summed E-state index contributed by atoms with van der Waals surface area (Å²) in [6, 6.07) is 15.8. The van der Waals surface area contributed by atoms with Crippen molar-refractivity contribution >= 4 is 27.6 Å². The Hall–Kier alpha value is -4.29. The fourth-order valence-corrected chi connectivity index (χ4v) is 6.98. The van der Waals surface area contributed by atoms with Crippen LogP contribution in [0, 0.1) is 5.21 Å². The molecular weight excluding hydrogens is 548 g/mol. The number of sulfonamides is 1. The average Bonchev–Trinajstić information content (AvgIpc) is 3.55. The predicted molar refractivity (Wildman–Crippen MR) is 147 cm³/mol. The minimum absolute atomic E-state index is 0.171. The van der Waals surface area contributed by atoms with E-state index in [-0.39, 0.29) is 17.9 Å². The van der Waals surface area contributed by atoms with Crippen LogP contribution in [-0.4, -0.2) is 66.4 Å². The maximum absolute atomic E-state index is 13.6. The molecule has 214 valence electrons. The number of aromatic nitrogens is 1. The van der Waals surface area contributed by atoms with Crippen LogP contribution in [0.4, 0.5) is 0 Å². The average molecular weight is 579 g/mol. The molecular formula is C29H30N4O7S. The number of carbonyl (C=O) groups is 3. The van der Waals surface area contributed by atoms with Gasteiger partial charge in [0.05, 0.1) is 12.6 Å². The number of fused-ring (bicyclic) bond motifs is 1. The smallest absolute Gasteiger partial charge is 0.251 e. The number of hydrogen-bond donors (Lipinski definition) is 1. The molecule has 2 aromatic carbocycles. The number of carbonyl (C=O) groups excluding carboxylic acids is 3. The molecule has 3 atom stereocenters. The first kappa shape index (κ1) is 28.2. The fraction of sp³-hybridized carbons (Fsp3) is 0.310. The van der Waals surface area contributed by atoms with Crippen LogP contribution in [0.1, 0.15) is 36.5 Å². The Balaban J connectivity index is 1.28. The number of para-hydroxylation sites is 1. The lowest BCUT2D eigenvalue weighted by atomic mass is 10.1. The number of ether oxygens (including phenoxy) is 1. The molecule has 11 nitrogen and oxygen atoms in total. The summed E-state index contributed by atoms with van der Waals surface area (Å²) < 4.78 is 33.8. The molecule has 0 radical (unpaired) electrons. The Bertz CT molecular complexity index is 1550. The number of pyridine rings is 1. The Morgan fingerprint density at radius 3 is 2.46 bits per heavy atom. The van der Waals surface area contributed by atoms with E-state index in [4.69, 9.17) is 4.74 Å². The molecule has 2 aliphatic rings. The zero-order valence-electron chi connectivity index (χ0n) is 22.4. The number of hydrogen-bond acceptors (Lipinski definition) is 7. The van der Waals surface area contributed by atoms with Crippen molar-refractivity contribution in [3.8, 4) is 11.5 Å². The summed E-state index contributed by atoms with van der Waals surface area (Å²) >= 11 is 0. The van der Waals surface area contributed by atoms with E-state index in [0.717, 1.165) is 10.5 Å². The van der Waals surface area contributed by atoms with Crippen molar-refractivity contribution in [2.24, 2.45) is 0 Å². The van der Waals surface area contributed by atoms with Gasteiger partial charge in [-0.1, -0.05) is 31.5 Å². The Morgan fingerprint density at radius 1 is 1.07 bits per heavy atom. The van der Waals surface area contributed by atoms with Gasteiger partial charge in [-0.2, -0.15) is 9.04 Å². The van der Waals surface area contributed by atoms with Crippen LogP contribution in [0.3, 0.4) is 0 Å². The summed E-state index contributed by atoms with van der Waals surface area (Å²) in [5.74, 6) is -0.0622. The first-order valence-electron chi connectivity index (χ1n) is 13.4. The van der Waals surface area contributed by atoms with E-state index < -0.39 is 52.3 Å². The van der Waals surface area contributed by atoms with Crippen LogP contribution in [0.5, 0.6) is 11.5 Å². The topological polar surface area (TPSA) is 140 Å². The molecule has 41 heavy (non-hydrogen) atoms. The fourth-order valence-electron chi connectivity index (χ4n) is 5.35. The van der Waals surface area contributed by atoms with Gasteiger partial charge >= 0.3 is 0 Å². The van der Waals surface area contributed by atoms with E-state index in [2.05, 4.69) is 5.32 Å². The number of amides is 2. The number of Topliss-reactive ketones (excluding diaryl/α,β-unsaturated/α-hetero) is 1.